The molecule has 4 rings (SSSR count). The molecule has 1 saturated heterocycles. The van der Waals surface area contributed by atoms with Crippen LogP contribution in [0.4, 0.5) is 0 Å². The van der Waals surface area contributed by atoms with Gasteiger partial charge in [-0.3, -0.25) is 9.59 Å². The minimum atomic E-state index is 0.0928. The number of rotatable bonds is 4. The maximum absolute atomic E-state index is 12.5. The van der Waals surface area contributed by atoms with Crippen LogP contribution in [0, 0.1) is 5.92 Å². The summed E-state index contributed by atoms with van der Waals surface area (Å²) in [6, 6.07) is 0. The fraction of sp³-hybridized carbons (Fsp3) is 0.800. The number of carbonyl (C=O) groups excluding carboxylic acids is 2. The molecule has 0 aromatic carbocycles. The minimum Gasteiger partial charge on any atom is -0.343 e. The van der Waals surface area contributed by atoms with Crippen molar-refractivity contribution in [2.75, 3.05) is 19.6 Å². The van der Waals surface area contributed by atoms with E-state index in [2.05, 4.69) is 19.7 Å². The van der Waals surface area contributed by atoms with E-state index < -0.39 is 0 Å². The smallest absolute Gasteiger partial charge is 0.222 e. The van der Waals surface area contributed by atoms with Gasteiger partial charge in [0.2, 0.25) is 11.8 Å². The Kier molecular flexibility index (Phi) is 5.45. The summed E-state index contributed by atoms with van der Waals surface area (Å²) in [5.74, 6) is 3.52. The van der Waals surface area contributed by atoms with Crippen LogP contribution in [0.3, 0.4) is 0 Å². The van der Waals surface area contributed by atoms with Crippen molar-refractivity contribution in [2.45, 2.75) is 77.3 Å². The SMILES string of the molecule is CC(=O)N1CCn2c(nnc2C2CCN(C(=O)CCC3CCCC3)CC2)C1. The summed E-state index contributed by atoms with van der Waals surface area (Å²) in [5.41, 5.74) is 0. The molecule has 148 valence electrons. The number of likely N-dealkylation sites (tertiary alicyclic amines) is 1. The van der Waals surface area contributed by atoms with Crippen LogP contribution in [0.5, 0.6) is 0 Å². The molecular formula is C20H31N5O2. The van der Waals surface area contributed by atoms with Gasteiger partial charge in [-0.1, -0.05) is 25.7 Å². The Morgan fingerprint density at radius 1 is 0.963 bits per heavy atom. The van der Waals surface area contributed by atoms with Gasteiger partial charge in [0.15, 0.2) is 5.82 Å². The highest BCUT2D eigenvalue weighted by Crippen LogP contribution is 2.31. The first-order chi connectivity index (χ1) is 13.1. The van der Waals surface area contributed by atoms with E-state index >= 15 is 0 Å². The Morgan fingerprint density at radius 2 is 1.70 bits per heavy atom. The average Bonchev–Trinajstić information content (AvgIpc) is 3.35. The van der Waals surface area contributed by atoms with Gasteiger partial charge in [-0.05, 0) is 25.2 Å². The molecule has 0 unspecified atom stereocenters. The lowest BCUT2D eigenvalue weighted by atomic mass is 9.95. The van der Waals surface area contributed by atoms with E-state index in [4.69, 9.17) is 0 Å². The minimum absolute atomic E-state index is 0.0928. The van der Waals surface area contributed by atoms with Crippen molar-refractivity contribution in [3.8, 4) is 0 Å². The molecule has 1 aliphatic carbocycles. The highest BCUT2D eigenvalue weighted by atomic mass is 16.2. The highest BCUT2D eigenvalue weighted by Gasteiger charge is 2.30. The predicted molar refractivity (Wildman–Crippen MR) is 101 cm³/mol. The maximum Gasteiger partial charge on any atom is 0.222 e. The molecule has 2 aliphatic heterocycles. The van der Waals surface area contributed by atoms with Crippen molar-refractivity contribution in [1.82, 2.24) is 24.6 Å². The van der Waals surface area contributed by atoms with Gasteiger partial charge in [0.05, 0.1) is 6.54 Å². The molecule has 27 heavy (non-hydrogen) atoms. The van der Waals surface area contributed by atoms with Crippen molar-refractivity contribution in [3.63, 3.8) is 0 Å². The van der Waals surface area contributed by atoms with E-state index in [1.165, 1.54) is 25.7 Å². The Balaban J connectivity index is 1.29. The fourth-order valence-corrected chi connectivity index (χ4v) is 4.92. The first-order valence-electron chi connectivity index (χ1n) is 10.6. The monoisotopic (exact) mass is 373 g/mol. The second-order valence-electron chi connectivity index (χ2n) is 8.41. The fourth-order valence-electron chi connectivity index (χ4n) is 4.92. The summed E-state index contributed by atoms with van der Waals surface area (Å²) in [5, 5.41) is 8.78. The number of fused-ring (bicyclic) bond motifs is 1. The summed E-state index contributed by atoms with van der Waals surface area (Å²) < 4.78 is 2.20. The third kappa shape index (κ3) is 4.01. The molecule has 7 heteroatoms. The topological polar surface area (TPSA) is 71.3 Å². The Labute approximate surface area is 161 Å². The standard InChI is InChI=1S/C20H31N5O2/c1-15(26)24-12-13-25-18(14-24)21-22-20(25)17-8-10-23(11-9-17)19(27)7-6-16-4-2-3-5-16/h16-17H,2-14H2,1H3. The van der Waals surface area contributed by atoms with Crippen LogP contribution in [0.1, 0.15) is 75.9 Å². The average molecular weight is 374 g/mol. The summed E-state index contributed by atoms with van der Waals surface area (Å²) in [7, 11) is 0. The molecule has 3 aliphatic rings. The van der Waals surface area contributed by atoms with Crippen LogP contribution >= 0.6 is 0 Å². The van der Waals surface area contributed by atoms with Gasteiger partial charge in [0.1, 0.15) is 5.82 Å². The number of carbonyl (C=O) groups is 2. The van der Waals surface area contributed by atoms with E-state index in [-0.39, 0.29) is 5.91 Å². The summed E-state index contributed by atoms with van der Waals surface area (Å²) in [6.07, 6.45) is 9.03. The van der Waals surface area contributed by atoms with Gasteiger partial charge in [0.25, 0.3) is 0 Å². The number of hydrogen-bond acceptors (Lipinski definition) is 4. The molecule has 0 atom stereocenters. The molecule has 0 spiro atoms. The van der Waals surface area contributed by atoms with E-state index in [1.54, 1.807) is 6.92 Å². The molecule has 0 bridgehead atoms. The Morgan fingerprint density at radius 3 is 2.41 bits per heavy atom. The van der Waals surface area contributed by atoms with Crippen LogP contribution in [0.2, 0.25) is 0 Å². The van der Waals surface area contributed by atoms with Crippen molar-refractivity contribution in [1.29, 1.82) is 0 Å². The number of nitrogens with zero attached hydrogens (tertiary/aromatic N) is 5. The van der Waals surface area contributed by atoms with Crippen LogP contribution in [0.15, 0.2) is 0 Å². The molecule has 3 heterocycles. The number of piperidine rings is 1. The van der Waals surface area contributed by atoms with Gasteiger partial charge in [-0.15, -0.1) is 10.2 Å². The first-order valence-corrected chi connectivity index (χ1v) is 10.6. The molecule has 1 aromatic rings. The third-order valence-electron chi connectivity index (χ3n) is 6.68. The second kappa shape index (κ2) is 7.98. The zero-order valence-corrected chi connectivity index (χ0v) is 16.4. The zero-order valence-electron chi connectivity index (χ0n) is 16.4. The van der Waals surface area contributed by atoms with Crippen molar-refractivity contribution in [2.24, 2.45) is 5.92 Å². The molecule has 1 saturated carbocycles. The van der Waals surface area contributed by atoms with Crippen LogP contribution in [-0.2, 0) is 22.7 Å². The van der Waals surface area contributed by atoms with Gasteiger partial charge in [-0.2, -0.15) is 0 Å². The van der Waals surface area contributed by atoms with Crippen molar-refractivity contribution < 1.29 is 9.59 Å². The summed E-state index contributed by atoms with van der Waals surface area (Å²) in [6.45, 7) is 5.32. The molecule has 7 nitrogen and oxygen atoms in total. The first kappa shape index (κ1) is 18.4. The van der Waals surface area contributed by atoms with E-state index in [9.17, 15) is 9.59 Å². The molecule has 2 fully saturated rings. The predicted octanol–water partition coefficient (Wildman–Crippen LogP) is 2.32. The summed E-state index contributed by atoms with van der Waals surface area (Å²) in [4.78, 5) is 28.0. The van der Waals surface area contributed by atoms with E-state index in [0.717, 1.165) is 69.4 Å². The van der Waals surface area contributed by atoms with Crippen LogP contribution < -0.4 is 0 Å². The molecule has 0 radical (unpaired) electrons. The van der Waals surface area contributed by atoms with E-state index in [1.807, 2.05) is 4.90 Å². The highest BCUT2D eigenvalue weighted by molar-refractivity contribution is 5.76. The van der Waals surface area contributed by atoms with Crippen molar-refractivity contribution in [3.05, 3.63) is 11.6 Å². The molecule has 1 aromatic heterocycles. The zero-order chi connectivity index (χ0) is 18.8. The lowest BCUT2D eigenvalue weighted by Crippen LogP contribution is -2.40. The van der Waals surface area contributed by atoms with E-state index in [0.29, 0.717) is 18.4 Å². The second-order valence-corrected chi connectivity index (χ2v) is 8.41. The number of hydrogen-bond donors (Lipinski definition) is 0. The Hall–Kier alpha value is -1.92. The van der Waals surface area contributed by atoms with Gasteiger partial charge in [0, 0.05) is 45.4 Å². The molecule has 2 amide bonds. The normalized spacial score (nSPS) is 21.5. The Bertz CT molecular complexity index is 687. The number of amides is 2. The van der Waals surface area contributed by atoms with Gasteiger partial charge >= 0.3 is 0 Å². The van der Waals surface area contributed by atoms with Crippen LogP contribution in [-0.4, -0.2) is 56.0 Å². The summed E-state index contributed by atoms with van der Waals surface area (Å²) >= 11 is 0. The van der Waals surface area contributed by atoms with Crippen molar-refractivity contribution >= 4 is 11.8 Å². The quantitative estimate of drug-likeness (QED) is 0.812. The number of aromatic nitrogens is 3. The van der Waals surface area contributed by atoms with Gasteiger partial charge < -0.3 is 14.4 Å². The van der Waals surface area contributed by atoms with Gasteiger partial charge in [-0.25, -0.2) is 0 Å². The lowest BCUT2D eigenvalue weighted by molar-refractivity contribution is -0.132. The molecular weight excluding hydrogens is 342 g/mol. The van der Waals surface area contributed by atoms with Crippen LogP contribution in [0.25, 0.3) is 0 Å². The largest absolute Gasteiger partial charge is 0.343 e. The maximum atomic E-state index is 12.5. The lowest BCUT2D eigenvalue weighted by Gasteiger charge is -2.33. The molecule has 0 N–H and O–H groups in total. The third-order valence-corrected chi connectivity index (χ3v) is 6.68.